The maximum absolute atomic E-state index is 13.2. The van der Waals surface area contributed by atoms with Crippen LogP contribution in [0.1, 0.15) is 49.6 Å². The Morgan fingerprint density at radius 3 is 2.71 bits per heavy atom. The molecule has 7 heteroatoms. The van der Waals surface area contributed by atoms with Gasteiger partial charge in [-0.15, -0.1) is 11.3 Å². The molecule has 0 aliphatic heterocycles. The second kappa shape index (κ2) is 8.87. The molecule has 0 radical (unpaired) electrons. The summed E-state index contributed by atoms with van der Waals surface area (Å²) in [7, 11) is 0. The van der Waals surface area contributed by atoms with Crippen molar-refractivity contribution in [3.05, 3.63) is 65.4 Å². The molecule has 2 aliphatic rings. The SMILES string of the molecule is C[C@]1(CO)[C@H]2Cc3sc(-c4cccnc4)nc3[C@@H](CC(=O)Nc3ccccc3)[C@]2(C)CC[C@H]1O. The lowest BCUT2D eigenvalue weighted by atomic mass is 9.47. The maximum atomic E-state index is 13.2. The number of para-hydroxylation sites is 1. The summed E-state index contributed by atoms with van der Waals surface area (Å²) < 4.78 is 0. The fourth-order valence-electron chi connectivity index (χ4n) is 6.18. The first-order valence-corrected chi connectivity index (χ1v) is 12.7. The number of aromatic nitrogens is 2. The highest BCUT2D eigenvalue weighted by atomic mass is 32.1. The molecule has 2 aliphatic carbocycles. The number of hydrogen-bond donors (Lipinski definition) is 3. The molecule has 0 bridgehead atoms. The van der Waals surface area contributed by atoms with Gasteiger partial charge >= 0.3 is 0 Å². The lowest BCUT2D eigenvalue weighted by Gasteiger charge is -2.58. The summed E-state index contributed by atoms with van der Waals surface area (Å²) in [6.45, 7) is 4.14. The van der Waals surface area contributed by atoms with Crippen molar-refractivity contribution in [1.82, 2.24) is 9.97 Å². The van der Waals surface area contributed by atoms with Gasteiger partial charge in [-0.1, -0.05) is 32.0 Å². The number of amides is 1. The number of aliphatic hydroxyl groups excluding tert-OH is 2. The number of rotatable bonds is 5. The number of hydrogen-bond acceptors (Lipinski definition) is 6. The molecule has 1 fully saturated rings. The Morgan fingerprint density at radius 1 is 1.21 bits per heavy atom. The molecule has 5 rings (SSSR count). The Labute approximate surface area is 204 Å². The quantitative estimate of drug-likeness (QED) is 0.497. The van der Waals surface area contributed by atoms with Crippen molar-refractivity contribution < 1.29 is 15.0 Å². The van der Waals surface area contributed by atoms with Crippen molar-refractivity contribution in [3.63, 3.8) is 0 Å². The zero-order valence-electron chi connectivity index (χ0n) is 19.6. The van der Waals surface area contributed by atoms with Crippen molar-refractivity contribution >= 4 is 22.9 Å². The van der Waals surface area contributed by atoms with Crippen LogP contribution in [0.25, 0.3) is 10.6 Å². The number of carbonyl (C=O) groups excluding carboxylic acids is 1. The average Bonchev–Trinajstić information content (AvgIpc) is 3.28. The largest absolute Gasteiger partial charge is 0.396 e. The molecule has 1 saturated carbocycles. The molecule has 0 saturated heterocycles. The predicted octanol–water partition coefficient (Wildman–Crippen LogP) is 4.65. The minimum Gasteiger partial charge on any atom is -0.396 e. The first kappa shape index (κ1) is 23.1. The third-order valence-corrected chi connectivity index (χ3v) is 9.39. The third-order valence-electron chi connectivity index (χ3n) is 8.25. The van der Waals surface area contributed by atoms with E-state index in [2.05, 4.69) is 17.2 Å². The summed E-state index contributed by atoms with van der Waals surface area (Å²) in [6, 6.07) is 13.4. The fourth-order valence-corrected chi connectivity index (χ4v) is 7.34. The normalized spacial score (nSPS) is 30.3. The summed E-state index contributed by atoms with van der Waals surface area (Å²) >= 11 is 1.64. The van der Waals surface area contributed by atoms with E-state index in [1.165, 1.54) is 0 Å². The van der Waals surface area contributed by atoms with Gasteiger partial charge < -0.3 is 15.5 Å². The van der Waals surface area contributed by atoms with Gasteiger partial charge in [0.05, 0.1) is 18.4 Å². The number of carbonyl (C=O) groups is 1. The van der Waals surface area contributed by atoms with E-state index in [9.17, 15) is 15.0 Å². The Bertz CT molecular complexity index is 1170. The van der Waals surface area contributed by atoms with Crippen LogP contribution >= 0.6 is 11.3 Å². The second-order valence-corrected chi connectivity index (χ2v) is 11.3. The van der Waals surface area contributed by atoms with Crippen molar-refractivity contribution in [2.75, 3.05) is 11.9 Å². The zero-order chi connectivity index (χ0) is 23.9. The molecule has 34 heavy (non-hydrogen) atoms. The van der Waals surface area contributed by atoms with Crippen LogP contribution in [0.15, 0.2) is 54.9 Å². The van der Waals surface area contributed by atoms with Crippen LogP contribution in [0.3, 0.4) is 0 Å². The summed E-state index contributed by atoms with van der Waals surface area (Å²) in [6.07, 6.45) is 5.45. The number of nitrogens with zero attached hydrogens (tertiary/aromatic N) is 2. The zero-order valence-corrected chi connectivity index (χ0v) is 20.4. The van der Waals surface area contributed by atoms with E-state index in [1.54, 1.807) is 17.5 Å². The molecular weight excluding hydrogens is 446 g/mol. The van der Waals surface area contributed by atoms with Gasteiger partial charge in [0.2, 0.25) is 5.91 Å². The van der Waals surface area contributed by atoms with Crippen LogP contribution < -0.4 is 5.32 Å². The molecule has 5 atom stereocenters. The third kappa shape index (κ3) is 3.85. The van der Waals surface area contributed by atoms with Crippen molar-refractivity contribution in [2.24, 2.45) is 16.7 Å². The standard InChI is InChI=1S/C27H31N3O3S/c1-26-11-10-22(32)27(2,16-31)21(26)14-20-24(30-25(34-20)17-7-6-12-28-15-17)19(26)13-23(33)29-18-8-4-3-5-9-18/h3-9,12,15,19,21-22,31-32H,10-11,13-14,16H2,1-2H3,(H,29,33)/t19-,21+,22-,26+,27+/m1/s1. The molecule has 2 aromatic heterocycles. The van der Waals surface area contributed by atoms with Crippen molar-refractivity contribution in [1.29, 1.82) is 0 Å². The van der Waals surface area contributed by atoms with Gasteiger partial charge in [-0.3, -0.25) is 9.78 Å². The number of thiazole rings is 1. The Morgan fingerprint density at radius 2 is 2.00 bits per heavy atom. The fraction of sp³-hybridized carbons (Fsp3) is 0.444. The molecule has 6 nitrogen and oxygen atoms in total. The van der Waals surface area contributed by atoms with Gasteiger partial charge in [-0.25, -0.2) is 4.98 Å². The minimum absolute atomic E-state index is 0.0398. The van der Waals surface area contributed by atoms with Gasteiger partial charge in [0, 0.05) is 46.3 Å². The Hall–Kier alpha value is -2.61. The summed E-state index contributed by atoms with van der Waals surface area (Å²) in [5.41, 5.74) is 1.84. The highest BCUT2D eigenvalue weighted by Crippen LogP contribution is 2.62. The number of pyridine rings is 1. The molecular formula is C27H31N3O3S. The average molecular weight is 478 g/mol. The van der Waals surface area contributed by atoms with E-state index >= 15 is 0 Å². The highest BCUT2D eigenvalue weighted by Gasteiger charge is 2.59. The van der Waals surface area contributed by atoms with Crippen LogP contribution in [0.2, 0.25) is 0 Å². The number of anilines is 1. The molecule has 2 heterocycles. The molecule has 178 valence electrons. The molecule has 1 amide bonds. The van der Waals surface area contributed by atoms with Gasteiger partial charge in [0.15, 0.2) is 0 Å². The second-order valence-electron chi connectivity index (χ2n) is 10.2. The van der Waals surface area contributed by atoms with Gasteiger partial charge in [-0.2, -0.15) is 0 Å². The maximum Gasteiger partial charge on any atom is 0.225 e. The van der Waals surface area contributed by atoms with Crippen LogP contribution in [-0.4, -0.2) is 38.8 Å². The van der Waals surface area contributed by atoms with Crippen molar-refractivity contribution in [2.45, 2.75) is 51.6 Å². The van der Waals surface area contributed by atoms with Gasteiger partial charge in [-0.05, 0) is 54.9 Å². The van der Waals surface area contributed by atoms with E-state index in [0.717, 1.165) is 39.7 Å². The molecule has 3 N–H and O–H groups in total. The summed E-state index contributed by atoms with van der Waals surface area (Å²) in [5.74, 6) is -0.111. The van der Waals surface area contributed by atoms with Crippen LogP contribution in [0.4, 0.5) is 5.69 Å². The molecule has 0 spiro atoms. The first-order valence-electron chi connectivity index (χ1n) is 11.9. The number of nitrogens with one attached hydrogen (secondary N) is 1. The topological polar surface area (TPSA) is 95.3 Å². The minimum atomic E-state index is -0.628. The first-order chi connectivity index (χ1) is 16.3. The lowest BCUT2D eigenvalue weighted by Crippen LogP contribution is -2.57. The van der Waals surface area contributed by atoms with Gasteiger partial charge in [0.25, 0.3) is 0 Å². The monoisotopic (exact) mass is 477 g/mol. The Kier molecular flexibility index (Phi) is 6.04. The van der Waals surface area contributed by atoms with Crippen LogP contribution in [-0.2, 0) is 11.2 Å². The molecule has 3 aromatic rings. The van der Waals surface area contributed by atoms with E-state index in [4.69, 9.17) is 4.98 Å². The highest BCUT2D eigenvalue weighted by molar-refractivity contribution is 7.15. The van der Waals surface area contributed by atoms with E-state index in [-0.39, 0.29) is 29.8 Å². The number of benzene rings is 1. The summed E-state index contributed by atoms with van der Waals surface area (Å²) in [5, 5.41) is 25.3. The lowest BCUT2D eigenvalue weighted by molar-refractivity contribution is -0.143. The van der Waals surface area contributed by atoms with E-state index in [1.807, 2.05) is 55.6 Å². The number of fused-ring (bicyclic) bond motifs is 2. The molecule has 1 aromatic carbocycles. The van der Waals surface area contributed by atoms with Crippen LogP contribution in [0, 0.1) is 16.7 Å². The van der Waals surface area contributed by atoms with E-state index < -0.39 is 11.5 Å². The smallest absolute Gasteiger partial charge is 0.225 e. The Balaban J connectivity index is 1.56. The number of aliphatic hydroxyl groups is 2. The van der Waals surface area contributed by atoms with Gasteiger partial charge in [0.1, 0.15) is 5.01 Å². The molecule has 0 unspecified atom stereocenters. The van der Waals surface area contributed by atoms with Crippen LogP contribution in [0.5, 0.6) is 0 Å². The van der Waals surface area contributed by atoms with E-state index in [0.29, 0.717) is 12.8 Å². The summed E-state index contributed by atoms with van der Waals surface area (Å²) in [4.78, 5) is 23.7. The van der Waals surface area contributed by atoms with Crippen molar-refractivity contribution in [3.8, 4) is 10.6 Å². The predicted molar refractivity (Wildman–Crippen MR) is 134 cm³/mol.